The Kier molecular flexibility index (Phi) is 4.52. The van der Waals surface area contributed by atoms with Crippen LogP contribution >= 0.6 is 0 Å². The standard InChI is InChI=1S/C17H20N4O2/c1-14(15-6-8-18-9-7-15)19-10-12-20(13-11-19)16-2-4-17(5-3-16)21(22)23/h2-9,14H,10-13H2,1H3. The highest BCUT2D eigenvalue weighted by Crippen LogP contribution is 2.24. The normalized spacial score (nSPS) is 17.0. The predicted molar refractivity (Wildman–Crippen MR) is 89.5 cm³/mol. The van der Waals surface area contributed by atoms with Crippen LogP contribution in [0.15, 0.2) is 48.8 Å². The fraction of sp³-hybridized carbons (Fsp3) is 0.353. The van der Waals surface area contributed by atoms with Crippen molar-refractivity contribution in [3.63, 3.8) is 0 Å². The van der Waals surface area contributed by atoms with Crippen molar-refractivity contribution in [2.75, 3.05) is 31.1 Å². The van der Waals surface area contributed by atoms with Crippen molar-refractivity contribution in [2.24, 2.45) is 0 Å². The summed E-state index contributed by atoms with van der Waals surface area (Å²) in [6, 6.07) is 11.3. The zero-order valence-corrected chi connectivity index (χ0v) is 13.1. The van der Waals surface area contributed by atoms with E-state index >= 15 is 0 Å². The highest BCUT2D eigenvalue weighted by Gasteiger charge is 2.22. The second kappa shape index (κ2) is 6.75. The molecule has 3 rings (SSSR count). The number of hydrogen-bond acceptors (Lipinski definition) is 5. The SMILES string of the molecule is CC(c1ccncc1)N1CCN(c2ccc([N+](=O)[O-])cc2)CC1. The van der Waals surface area contributed by atoms with E-state index in [0.29, 0.717) is 6.04 Å². The topological polar surface area (TPSA) is 62.5 Å². The summed E-state index contributed by atoms with van der Waals surface area (Å²) in [7, 11) is 0. The summed E-state index contributed by atoms with van der Waals surface area (Å²) >= 11 is 0. The lowest BCUT2D eigenvalue weighted by atomic mass is 10.1. The van der Waals surface area contributed by atoms with Gasteiger partial charge in [-0.1, -0.05) is 0 Å². The van der Waals surface area contributed by atoms with Gasteiger partial charge in [0, 0.05) is 62.4 Å². The van der Waals surface area contributed by atoms with Crippen molar-refractivity contribution in [3.8, 4) is 0 Å². The summed E-state index contributed by atoms with van der Waals surface area (Å²) in [6.07, 6.45) is 3.66. The van der Waals surface area contributed by atoms with Gasteiger partial charge in [-0.2, -0.15) is 0 Å². The second-order valence-electron chi connectivity index (χ2n) is 5.75. The number of benzene rings is 1. The van der Waals surface area contributed by atoms with Gasteiger partial charge in [0.1, 0.15) is 0 Å². The van der Waals surface area contributed by atoms with Crippen LogP contribution in [0.4, 0.5) is 11.4 Å². The molecule has 6 nitrogen and oxygen atoms in total. The van der Waals surface area contributed by atoms with E-state index in [0.717, 1.165) is 31.9 Å². The van der Waals surface area contributed by atoms with Crippen molar-refractivity contribution < 1.29 is 4.92 Å². The lowest BCUT2D eigenvalue weighted by Gasteiger charge is -2.39. The lowest BCUT2D eigenvalue weighted by Crippen LogP contribution is -2.47. The molecule has 120 valence electrons. The van der Waals surface area contributed by atoms with Crippen molar-refractivity contribution in [1.82, 2.24) is 9.88 Å². The number of rotatable bonds is 4. The van der Waals surface area contributed by atoms with Crippen molar-refractivity contribution >= 4 is 11.4 Å². The van der Waals surface area contributed by atoms with Gasteiger partial charge in [-0.15, -0.1) is 0 Å². The summed E-state index contributed by atoms with van der Waals surface area (Å²) in [5, 5.41) is 10.7. The Hall–Kier alpha value is -2.47. The Morgan fingerprint density at radius 2 is 1.65 bits per heavy atom. The third-order valence-corrected chi connectivity index (χ3v) is 4.48. The van der Waals surface area contributed by atoms with E-state index in [1.54, 1.807) is 12.1 Å². The summed E-state index contributed by atoms with van der Waals surface area (Å²) in [5.74, 6) is 0. The Balaban J connectivity index is 1.61. The molecule has 6 heteroatoms. The van der Waals surface area contributed by atoms with Crippen molar-refractivity contribution in [1.29, 1.82) is 0 Å². The molecule has 2 aromatic rings. The molecule has 0 bridgehead atoms. The lowest BCUT2D eigenvalue weighted by molar-refractivity contribution is -0.384. The second-order valence-corrected chi connectivity index (χ2v) is 5.75. The zero-order valence-electron chi connectivity index (χ0n) is 13.1. The number of nitro benzene ring substituents is 1. The smallest absolute Gasteiger partial charge is 0.269 e. The molecule has 0 aliphatic carbocycles. The number of nitrogens with zero attached hydrogens (tertiary/aromatic N) is 4. The monoisotopic (exact) mass is 312 g/mol. The minimum Gasteiger partial charge on any atom is -0.369 e. The molecule has 0 radical (unpaired) electrons. The molecule has 1 atom stereocenters. The van der Waals surface area contributed by atoms with Crippen LogP contribution in [0.25, 0.3) is 0 Å². The van der Waals surface area contributed by atoms with Gasteiger partial charge in [0.15, 0.2) is 0 Å². The largest absolute Gasteiger partial charge is 0.369 e. The number of piperazine rings is 1. The summed E-state index contributed by atoms with van der Waals surface area (Å²) in [4.78, 5) is 19.2. The van der Waals surface area contributed by atoms with Crippen LogP contribution in [-0.4, -0.2) is 41.0 Å². The first-order valence-corrected chi connectivity index (χ1v) is 7.78. The van der Waals surface area contributed by atoms with Crippen LogP contribution in [0, 0.1) is 10.1 Å². The molecule has 1 saturated heterocycles. The zero-order chi connectivity index (χ0) is 16.2. The van der Waals surface area contributed by atoms with Crippen LogP contribution < -0.4 is 4.90 Å². The first-order valence-electron chi connectivity index (χ1n) is 7.78. The molecule has 1 fully saturated rings. The maximum atomic E-state index is 10.7. The molecule has 23 heavy (non-hydrogen) atoms. The molecule has 0 amide bonds. The Morgan fingerprint density at radius 1 is 1.04 bits per heavy atom. The Morgan fingerprint density at radius 3 is 2.22 bits per heavy atom. The van der Waals surface area contributed by atoms with Gasteiger partial charge in [-0.25, -0.2) is 0 Å². The highest BCUT2D eigenvalue weighted by molar-refractivity contribution is 5.51. The fourth-order valence-electron chi connectivity index (χ4n) is 3.01. The molecule has 1 aliphatic heterocycles. The first-order chi connectivity index (χ1) is 11.1. The number of pyridine rings is 1. The number of nitro groups is 1. The first kappa shape index (κ1) is 15.4. The van der Waals surface area contributed by atoms with Gasteiger partial charge in [-0.3, -0.25) is 20.0 Å². The Labute approximate surface area is 135 Å². The highest BCUT2D eigenvalue weighted by atomic mass is 16.6. The molecular weight excluding hydrogens is 292 g/mol. The number of aromatic nitrogens is 1. The molecule has 0 N–H and O–H groups in total. The van der Waals surface area contributed by atoms with Gasteiger partial charge in [-0.05, 0) is 36.8 Å². The molecule has 1 aromatic carbocycles. The Bertz CT molecular complexity index is 652. The average molecular weight is 312 g/mol. The van der Waals surface area contributed by atoms with E-state index in [9.17, 15) is 10.1 Å². The van der Waals surface area contributed by atoms with Crippen molar-refractivity contribution in [3.05, 3.63) is 64.5 Å². The molecule has 0 saturated carbocycles. The van der Waals surface area contributed by atoms with E-state index in [4.69, 9.17) is 0 Å². The molecule has 2 heterocycles. The van der Waals surface area contributed by atoms with Crippen LogP contribution in [-0.2, 0) is 0 Å². The van der Waals surface area contributed by atoms with Crippen molar-refractivity contribution in [2.45, 2.75) is 13.0 Å². The quantitative estimate of drug-likeness (QED) is 0.641. The maximum Gasteiger partial charge on any atom is 0.269 e. The van der Waals surface area contributed by atoms with Crippen LogP contribution in [0.5, 0.6) is 0 Å². The number of hydrogen-bond donors (Lipinski definition) is 0. The van der Waals surface area contributed by atoms with Crippen LogP contribution in [0.2, 0.25) is 0 Å². The fourth-order valence-corrected chi connectivity index (χ4v) is 3.01. The summed E-state index contributed by atoms with van der Waals surface area (Å²) in [6.45, 7) is 6.01. The number of non-ortho nitro benzene ring substituents is 1. The van der Waals surface area contributed by atoms with E-state index in [1.807, 2.05) is 24.5 Å². The minimum atomic E-state index is -0.363. The van der Waals surface area contributed by atoms with Crippen LogP contribution in [0.3, 0.4) is 0 Å². The molecule has 0 spiro atoms. The third kappa shape index (κ3) is 3.48. The van der Waals surface area contributed by atoms with Gasteiger partial charge >= 0.3 is 0 Å². The average Bonchev–Trinajstić information content (AvgIpc) is 2.62. The summed E-state index contributed by atoms with van der Waals surface area (Å²) < 4.78 is 0. The molecule has 1 aromatic heterocycles. The van der Waals surface area contributed by atoms with E-state index in [2.05, 4.69) is 33.8 Å². The third-order valence-electron chi connectivity index (χ3n) is 4.48. The maximum absolute atomic E-state index is 10.7. The molecule has 1 aliphatic rings. The predicted octanol–water partition coefficient (Wildman–Crippen LogP) is 2.87. The number of anilines is 1. The van der Waals surface area contributed by atoms with Gasteiger partial charge in [0.25, 0.3) is 5.69 Å². The van der Waals surface area contributed by atoms with Gasteiger partial charge in [0.2, 0.25) is 0 Å². The summed E-state index contributed by atoms with van der Waals surface area (Å²) in [5.41, 5.74) is 2.47. The molecule has 1 unspecified atom stereocenters. The van der Waals surface area contributed by atoms with Crippen LogP contribution in [0.1, 0.15) is 18.5 Å². The van der Waals surface area contributed by atoms with Gasteiger partial charge in [0.05, 0.1) is 4.92 Å². The van der Waals surface area contributed by atoms with E-state index < -0.39 is 0 Å². The van der Waals surface area contributed by atoms with Gasteiger partial charge < -0.3 is 4.90 Å². The minimum absolute atomic E-state index is 0.138. The molecular formula is C17H20N4O2. The van der Waals surface area contributed by atoms with E-state index in [1.165, 1.54) is 5.56 Å². The van der Waals surface area contributed by atoms with E-state index in [-0.39, 0.29) is 10.6 Å².